The highest BCUT2D eigenvalue weighted by Crippen LogP contribution is 2.20. The van der Waals surface area contributed by atoms with Crippen molar-refractivity contribution < 1.29 is 14.7 Å². The SMILES string of the molecule is Cc1c(Br)cccc1CC(=O)N(C)CC(=O)O. The van der Waals surface area contributed by atoms with Gasteiger partial charge in [-0.05, 0) is 24.1 Å². The predicted octanol–water partition coefficient (Wildman–Crippen LogP) is 1.84. The number of carboxylic acid groups (broad SMARTS) is 1. The highest BCUT2D eigenvalue weighted by Gasteiger charge is 2.14. The van der Waals surface area contributed by atoms with E-state index in [0.29, 0.717) is 0 Å². The Morgan fingerprint density at radius 2 is 2.06 bits per heavy atom. The van der Waals surface area contributed by atoms with E-state index in [9.17, 15) is 9.59 Å². The predicted molar refractivity (Wildman–Crippen MR) is 67.9 cm³/mol. The summed E-state index contributed by atoms with van der Waals surface area (Å²) < 4.78 is 0.948. The second-order valence-electron chi connectivity index (χ2n) is 3.84. The van der Waals surface area contributed by atoms with E-state index in [0.717, 1.165) is 15.6 Å². The van der Waals surface area contributed by atoms with E-state index in [1.54, 1.807) is 0 Å². The summed E-state index contributed by atoms with van der Waals surface area (Å²) in [5.74, 6) is -1.21. The molecule has 1 aromatic rings. The van der Waals surface area contributed by atoms with Gasteiger partial charge in [0.25, 0.3) is 0 Å². The Morgan fingerprint density at radius 1 is 1.41 bits per heavy atom. The van der Waals surface area contributed by atoms with E-state index >= 15 is 0 Å². The Labute approximate surface area is 108 Å². The van der Waals surface area contributed by atoms with Gasteiger partial charge in [-0.3, -0.25) is 9.59 Å². The molecule has 17 heavy (non-hydrogen) atoms. The summed E-state index contributed by atoms with van der Waals surface area (Å²) in [4.78, 5) is 23.5. The molecule has 1 amide bonds. The smallest absolute Gasteiger partial charge is 0.323 e. The normalized spacial score (nSPS) is 10.1. The Hall–Kier alpha value is -1.36. The molecule has 5 heteroatoms. The number of rotatable bonds is 4. The van der Waals surface area contributed by atoms with Gasteiger partial charge in [0.15, 0.2) is 0 Å². The third-order valence-corrected chi connectivity index (χ3v) is 3.38. The fourth-order valence-electron chi connectivity index (χ4n) is 1.43. The maximum Gasteiger partial charge on any atom is 0.323 e. The van der Waals surface area contributed by atoms with Crippen molar-refractivity contribution in [3.8, 4) is 0 Å². The molecule has 0 spiro atoms. The molecule has 0 heterocycles. The zero-order valence-corrected chi connectivity index (χ0v) is 11.3. The fourth-order valence-corrected chi connectivity index (χ4v) is 1.84. The molecule has 0 unspecified atom stereocenters. The second-order valence-corrected chi connectivity index (χ2v) is 4.70. The van der Waals surface area contributed by atoms with Crippen LogP contribution in [-0.2, 0) is 16.0 Å². The quantitative estimate of drug-likeness (QED) is 0.923. The first-order valence-electron chi connectivity index (χ1n) is 5.11. The molecule has 0 saturated heterocycles. The summed E-state index contributed by atoms with van der Waals surface area (Å²) in [6, 6.07) is 5.63. The molecule has 0 radical (unpaired) electrons. The molecule has 0 fully saturated rings. The number of hydrogen-bond acceptors (Lipinski definition) is 2. The van der Waals surface area contributed by atoms with Crippen LogP contribution in [0.4, 0.5) is 0 Å². The minimum absolute atomic E-state index is 0.200. The van der Waals surface area contributed by atoms with Crippen LogP contribution in [0, 0.1) is 6.92 Å². The van der Waals surface area contributed by atoms with E-state index in [-0.39, 0.29) is 18.9 Å². The zero-order valence-electron chi connectivity index (χ0n) is 9.74. The summed E-state index contributed by atoms with van der Waals surface area (Å²) in [5.41, 5.74) is 1.91. The molecule has 4 nitrogen and oxygen atoms in total. The van der Waals surface area contributed by atoms with Crippen molar-refractivity contribution in [3.63, 3.8) is 0 Å². The molecule has 0 bridgehead atoms. The summed E-state index contributed by atoms with van der Waals surface area (Å²) in [6.07, 6.45) is 0.217. The lowest BCUT2D eigenvalue weighted by molar-refractivity contribution is -0.143. The lowest BCUT2D eigenvalue weighted by Crippen LogP contribution is -2.33. The third-order valence-electron chi connectivity index (χ3n) is 2.52. The number of hydrogen-bond donors (Lipinski definition) is 1. The average Bonchev–Trinajstić information content (AvgIpc) is 2.23. The summed E-state index contributed by atoms with van der Waals surface area (Å²) in [7, 11) is 1.49. The topological polar surface area (TPSA) is 57.6 Å². The van der Waals surface area contributed by atoms with Crippen LogP contribution in [0.2, 0.25) is 0 Å². The summed E-state index contributed by atoms with van der Waals surface area (Å²) in [6.45, 7) is 1.65. The number of benzene rings is 1. The average molecular weight is 300 g/mol. The van der Waals surface area contributed by atoms with Crippen LogP contribution >= 0.6 is 15.9 Å². The lowest BCUT2D eigenvalue weighted by Gasteiger charge is -2.15. The molecule has 0 aliphatic carbocycles. The zero-order chi connectivity index (χ0) is 13.0. The van der Waals surface area contributed by atoms with E-state index in [1.165, 1.54) is 11.9 Å². The molecule has 0 saturated carbocycles. The van der Waals surface area contributed by atoms with Crippen molar-refractivity contribution in [2.24, 2.45) is 0 Å². The van der Waals surface area contributed by atoms with Gasteiger partial charge in [-0.1, -0.05) is 28.1 Å². The molecule has 0 aliphatic rings. The molecule has 92 valence electrons. The van der Waals surface area contributed by atoms with Gasteiger partial charge in [0.2, 0.25) is 5.91 Å². The molecular formula is C12H14BrNO3. The number of amides is 1. The Kier molecular flexibility index (Phi) is 4.69. The van der Waals surface area contributed by atoms with Crippen LogP contribution in [0.1, 0.15) is 11.1 Å². The van der Waals surface area contributed by atoms with Gasteiger partial charge in [0, 0.05) is 11.5 Å². The molecular weight excluding hydrogens is 286 g/mol. The Bertz CT molecular complexity index is 445. The maximum atomic E-state index is 11.8. The third kappa shape index (κ3) is 3.85. The first kappa shape index (κ1) is 13.7. The molecule has 0 aromatic heterocycles. The molecule has 1 aromatic carbocycles. The van der Waals surface area contributed by atoms with Crippen LogP contribution in [-0.4, -0.2) is 35.5 Å². The van der Waals surface area contributed by atoms with E-state index < -0.39 is 5.97 Å². The van der Waals surface area contributed by atoms with Crippen LogP contribution in [0.3, 0.4) is 0 Å². The number of carboxylic acids is 1. The number of nitrogens with zero attached hydrogens (tertiary/aromatic N) is 1. The van der Waals surface area contributed by atoms with Gasteiger partial charge in [-0.2, -0.15) is 0 Å². The standard InChI is InChI=1S/C12H14BrNO3/c1-8-9(4-3-5-10(8)13)6-11(15)14(2)7-12(16)17/h3-5H,6-7H2,1-2H3,(H,16,17). The van der Waals surface area contributed by atoms with Gasteiger partial charge in [-0.15, -0.1) is 0 Å². The highest BCUT2D eigenvalue weighted by molar-refractivity contribution is 9.10. The van der Waals surface area contributed by atoms with Gasteiger partial charge < -0.3 is 10.0 Å². The van der Waals surface area contributed by atoms with Gasteiger partial charge in [-0.25, -0.2) is 0 Å². The Balaban J connectivity index is 2.74. The van der Waals surface area contributed by atoms with Crippen molar-refractivity contribution in [2.75, 3.05) is 13.6 Å². The molecule has 1 N–H and O–H groups in total. The maximum absolute atomic E-state index is 11.8. The molecule has 0 aliphatic heterocycles. The summed E-state index contributed by atoms with van der Waals surface area (Å²) in [5, 5.41) is 8.60. The monoisotopic (exact) mass is 299 g/mol. The minimum Gasteiger partial charge on any atom is -0.480 e. The van der Waals surface area contributed by atoms with Crippen LogP contribution in [0.25, 0.3) is 0 Å². The van der Waals surface area contributed by atoms with Crippen LogP contribution < -0.4 is 0 Å². The van der Waals surface area contributed by atoms with Gasteiger partial charge in [0.05, 0.1) is 6.42 Å². The van der Waals surface area contributed by atoms with Crippen molar-refractivity contribution in [2.45, 2.75) is 13.3 Å². The van der Waals surface area contributed by atoms with Gasteiger partial charge in [0.1, 0.15) is 6.54 Å². The van der Waals surface area contributed by atoms with Crippen molar-refractivity contribution in [3.05, 3.63) is 33.8 Å². The molecule has 0 atom stereocenters. The summed E-state index contributed by atoms with van der Waals surface area (Å²) >= 11 is 3.39. The number of halogens is 1. The van der Waals surface area contributed by atoms with Crippen molar-refractivity contribution in [1.29, 1.82) is 0 Å². The Morgan fingerprint density at radius 3 is 2.65 bits per heavy atom. The number of carbonyl (C=O) groups excluding carboxylic acids is 1. The first-order valence-corrected chi connectivity index (χ1v) is 5.91. The van der Waals surface area contributed by atoms with Crippen molar-refractivity contribution in [1.82, 2.24) is 4.90 Å². The largest absolute Gasteiger partial charge is 0.480 e. The minimum atomic E-state index is -1.01. The van der Waals surface area contributed by atoms with E-state index in [4.69, 9.17) is 5.11 Å². The fraction of sp³-hybridized carbons (Fsp3) is 0.333. The number of aliphatic carboxylic acids is 1. The lowest BCUT2D eigenvalue weighted by atomic mass is 10.1. The highest BCUT2D eigenvalue weighted by atomic mass is 79.9. The first-order chi connectivity index (χ1) is 7.91. The van der Waals surface area contributed by atoms with Crippen molar-refractivity contribution >= 4 is 27.8 Å². The van der Waals surface area contributed by atoms with E-state index in [1.807, 2.05) is 25.1 Å². The molecule has 1 rings (SSSR count). The second kappa shape index (κ2) is 5.82. The van der Waals surface area contributed by atoms with Crippen LogP contribution in [0.5, 0.6) is 0 Å². The number of carbonyl (C=O) groups is 2. The number of likely N-dealkylation sites (N-methyl/N-ethyl adjacent to an activating group) is 1. The van der Waals surface area contributed by atoms with Crippen LogP contribution in [0.15, 0.2) is 22.7 Å². The van der Waals surface area contributed by atoms with Gasteiger partial charge >= 0.3 is 5.97 Å². The van der Waals surface area contributed by atoms with E-state index in [2.05, 4.69) is 15.9 Å².